The van der Waals surface area contributed by atoms with E-state index in [9.17, 15) is 0 Å². The lowest BCUT2D eigenvalue weighted by Gasteiger charge is -2.36. The van der Waals surface area contributed by atoms with Gasteiger partial charge < -0.3 is 14.8 Å². The van der Waals surface area contributed by atoms with Gasteiger partial charge in [0.1, 0.15) is 5.75 Å². The fraction of sp³-hybridized carbons (Fsp3) is 0.294. The lowest BCUT2D eigenvalue weighted by atomic mass is 9.88. The Hall–Kier alpha value is -1.04. The van der Waals surface area contributed by atoms with Crippen molar-refractivity contribution in [2.45, 2.75) is 18.8 Å². The van der Waals surface area contributed by atoms with E-state index in [2.05, 4.69) is 55.4 Å². The molecule has 2 aliphatic heterocycles. The minimum Gasteiger partial charge on any atom is -0.464 e. The number of fused-ring (bicyclic) bond motifs is 2. The molecule has 0 radical (unpaired) electrons. The van der Waals surface area contributed by atoms with Crippen LogP contribution in [0.2, 0.25) is 0 Å². The number of anilines is 1. The lowest BCUT2D eigenvalue weighted by Crippen LogP contribution is -2.36. The van der Waals surface area contributed by atoms with E-state index in [0.717, 1.165) is 33.4 Å². The monoisotopic (exact) mass is 423 g/mol. The van der Waals surface area contributed by atoms with Crippen molar-refractivity contribution in [1.29, 1.82) is 0 Å². The quantitative estimate of drug-likeness (QED) is 0.725. The zero-order valence-corrected chi connectivity index (χ0v) is 14.9. The first kappa shape index (κ1) is 14.5. The van der Waals surface area contributed by atoms with Crippen LogP contribution in [0.3, 0.4) is 0 Å². The molecule has 0 spiro atoms. The Bertz CT molecular complexity index is 690. The predicted octanol–water partition coefficient (Wildman–Crippen LogP) is 5.12. The summed E-state index contributed by atoms with van der Waals surface area (Å²) in [6, 6.07) is 14.6. The van der Waals surface area contributed by atoms with Crippen molar-refractivity contribution in [3.05, 3.63) is 57.0 Å². The third-order valence-corrected chi connectivity index (χ3v) is 5.25. The second-order valence-corrected chi connectivity index (χ2v) is 7.45. The van der Waals surface area contributed by atoms with E-state index >= 15 is 0 Å². The molecule has 1 saturated heterocycles. The molecule has 2 heterocycles. The first-order valence-corrected chi connectivity index (χ1v) is 8.89. The van der Waals surface area contributed by atoms with Gasteiger partial charge in [0.05, 0.1) is 12.6 Å². The predicted molar refractivity (Wildman–Crippen MR) is 93.1 cm³/mol. The van der Waals surface area contributed by atoms with Crippen LogP contribution in [0.1, 0.15) is 18.0 Å². The highest BCUT2D eigenvalue weighted by Gasteiger charge is 2.42. The van der Waals surface area contributed by atoms with Gasteiger partial charge in [0, 0.05) is 26.1 Å². The molecule has 0 amide bonds. The summed E-state index contributed by atoms with van der Waals surface area (Å²) in [5.74, 6) is 1.23. The molecule has 1 N–H and O–H groups in total. The van der Waals surface area contributed by atoms with Crippen LogP contribution in [0.25, 0.3) is 0 Å². The second kappa shape index (κ2) is 5.87. The first-order valence-electron chi connectivity index (χ1n) is 7.30. The molecule has 2 aromatic rings. The molecule has 3 atom stereocenters. The van der Waals surface area contributed by atoms with Crippen LogP contribution in [-0.4, -0.2) is 12.9 Å². The summed E-state index contributed by atoms with van der Waals surface area (Å²) in [5.41, 5.74) is 2.29. The van der Waals surface area contributed by atoms with Gasteiger partial charge in [-0.15, -0.1) is 0 Å². The fourth-order valence-electron chi connectivity index (χ4n) is 3.16. The molecule has 2 aliphatic rings. The molecule has 0 aromatic heterocycles. The van der Waals surface area contributed by atoms with E-state index in [1.54, 1.807) is 0 Å². The Labute approximate surface area is 146 Å². The average Bonchev–Trinajstić information content (AvgIpc) is 2.98. The van der Waals surface area contributed by atoms with Crippen LogP contribution in [0.4, 0.5) is 5.69 Å². The summed E-state index contributed by atoms with van der Waals surface area (Å²) >= 11 is 7.04. The summed E-state index contributed by atoms with van der Waals surface area (Å²) in [6.45, 7) is 0.753. The number of benzene rings is 2. The van der Waals surface area contributed by atoms with Crippen molar-refractivity contribution >= 4 is 37.5 Å². The van der Waals surface area contributed by atoms with Crippen molar-refractivity contribution < 1.29 is 9.47 Å². The van der Waals surface area contributed by atoms with Crippen LogP contribution in [0, 0.1) is 5.92 Å². The van der Waals surface area contributed by atoms with Gasteiger partial charge >= 0.3 is 0 Å². The SMILES string of the molecule is Brc1ccc(N[C@@H]2c3cc(Br)ccc3O[C@@H]3OCC[C@@H]32)cc1. The zero-order valence-electron chi connectivity index (χ0n) is 11.8. The van der Waals surface area contributed by atoms with Gasteiger partial charge in [-0.3, -0.25) is 0 Å². The van der Waals surface area contributed by atoms with Crippen molar-refractivity contribution in [3.63, 3.8) is 0 Å². The van der Waals surface area contributed by atoms with Crippen molar-refractivity contribution in [2.24, 2.45) is 5.92 Å². The molecule has 3 nitrogen and oxygen atoms in total. The minimum atomic E-state index is -0.151. The number of rotatable bonds is 2. The molecule has 4 rings (SSSR count). The Balaban J connectivity index is 1.71. The molecule has 22 heavy (non-hydrogen) atoms. The molecule has 0 unspecified atom stereocenters. The number of nitrogens with one attached hydrogen (secondary N) is 1. The van der Waals surface area contributed by atoms with Crippen molar-refractivity contribution in [1.82, 2.24) is 0 Å². The molecular weight excluding hydrogens is 410 g/mol. The molecular formula is C17H15Br2NO2. The molecule has 5 heteroatoms. The summed E-state index contributed by atoms with van der Waals surface area (Å²) in [5, 5.41) is 3.66. The van der Waals surface area contributed by atoms with Gasteiger partial charge in [0.25, 0.3) is 0 Å². The summed E-state index contributed by atoms with van der Waals surface area (Å²) < 4.78 is 13.9. The lowest BCUT2D eigenvalue weighted by molar-refractivity contribution is -0.0748. The van der Waals surface area contributed by atoms with Crippen molar-refractivity contribution in [3.8, 4) is 5.75 Å². The molecule has 0 bridgehead atoms. The molecule has 1 fully saturated rings. The third kappa shape index (κ3) is 2.66. The average molecular weight is 425 g/mol. The Morgan fingerprint density at radius 1 is 1.00 bits per heavy atom. The van der Waals surface area contributed by atoms with E-state index in [1.807, 2.05) is 24.3 Å². The van der Waals surface area contributed by atoms with Crippen LogP contribution in [-0.2, 0) is 4.74 Å². The Morgan fingerprint density at radius 3 is 2.59 bits per heavy atom. The van der Waals surface area contributed by atoms with E-state index in [0.29, 0.717) is 5.92 Å². The molecule has 0 saturated carbocycles. The third-order valence-electron chi connectivity index (χ3n) is 4.23. The highest BCUT2D eigenvalue weighted by atomic mass is 79.9. The number of halogens is 2. The van der Waals surface area contributed by atoms with Gasteiger partial charge in [0.2, 0.25) is 6.29 Å². The topological polar surface area (TPSA) is 30.5 Å². The molecule has 2 aromatic carbocycles. The Morgan fingerprint density at radius 2 is 1.77 bits per heavy atom. The number of ether oxygens (including phenoxy) is 2. The minimum absolute atomic E-state index is 0.151. The van der Waals surface area contributed by atoms with E-state index in [1.165, 1.54) is 5.56 Å². The van der Waals surface area contributed by atoms with Crippen molar-refractivity contribution in [2.75, 3.05) is 11.9 Å². The maximum Gasteiger partial charge on any atom is 0.205 e. The van der Waals surface area contributed by atoms with E-state index in [-0.39, 0.29) is 12.3 Å². The van der Waals surface area contributed by atoms with Gasteiger partial charge in [-0.05, 0) is 48.9 Å². The van der Waals surface area contributed by atoms with Crippen LogP contribution >= 0.6 is 31.9 Å². The maximum atomic E-state index is 6.01. The van der Waals surface area contributed by atoms with Gasteiger partial charge in [-0.1, -0.05) is 31.9 Å². The Kier molecular flexibility index (Phi) is 3.88. The molecule has 0 aliphatic carbocycles. The second-order valence-electron chi connectivity index (χ2n) is 5.62. The zero-order chi connectivity index (χ0) is 15.1. The number of hydrogen-bond donors (Lipinski definition) is 1. The largest absolute Gasteiger partial charge is 0.464 e. The van der Waals surface area contributed by atoms with Gasteiger partial charge in [0.15, 0.2) is 0 Å². The van der Waals surface area contributed by atoms with E-state index in [4.69, 9.17) is 9.47 Å². The highest BCUT2D eigenvalue weighted by molar-refractivity contribution is 9.10. The van der Waals surface area contributed by atoms with Gasteiger partial charge in [-0.2, -0.15) is 0 Å². The normalized spacial score (nSPS) is 26.0. The summed E-state index contributed by atoms with van der Waals surface area (Å²) in [4.78, 5) is 0. The summed E-state index contributed by atoms with van der Waals surface area (Å²) in [7, 11) is 0. The smallest absolute Gasteiger partial charge is 0.205 e. The van der Waals surface area contributed by atoms with Crippen LogP contribution in [0.15, 0.2) is 51.4 Å². The fourth-order valence-corrected chi connectivity index (χ4v) is 3.80. The van der Waals surface area contributed by atoms with Crippen LogP contribution < -0.4 is 10.1 Å². The van der Waals surface area contributed by atoms with Gasteiger partial charge in [-0.25, -0.2) is 0 Å². The van der Waals surface area contributed by atoms with E-state index < -0.39 is 0 Å². The summed E-state index contributed by atoms with van der Waals surface area (Å²) in [6.07, 6.45) is 0.854. The highest BCUT2D eigenvalue weighted by Crippen LogP contribution is 2.45. The maximum absolute atomic E-state index is 6.01. The first-order chi connectivity index (χ1) is 10.7. The van der Waals surface area contributed by atoms with Crippen LogP contribution in [0.5, 0.6) is 5.75 Å². The standard InChI is InChI=1S/C17H15Br2NO2/c18-10-1-4-12(5-2-10)20-16-13-7-8-21-17(13)22-15-6-3-11(19)9-14(15)16/h1-6,9,13,16-17,20H,7-8H2/t13-,16+,17+/m1/s1. The number of hydrogen-bond acceptors (Lipinski definition) is 3. The molecule has 114 valence electrons.